The number of ether oxygens (including phenoxy) is 2. The van der Waals surface area contributed by atoms with Crippen molar-refractivity contribution >= 4 is 52.2 Å². The number of halogens is 1. The van der Waals surface area contributed by atoms with E-state index in [9.17, 15) is 14.9 Å². The zero-order valence-corrected chi connectivity index (χ0v) is 19.5. The number of carbonyl (C=O) groups is 2. The van der Waals surface area contributed by atoms with Gasteiger partial charge in [0.05, 0.1) is 28.4 Å². The van der Waals surface area contributed by atoms with E-state index < -0.39 is 6.04 Å². The van der Waals surface area contributed by atoms with E-state index in [2.05, 4.69) is 5.32 Å². The van der Waals surface area contributed by atoms with E-state index in [1.165, 1.54) is 11.0 Å². The molecule has 2 unspecified atom stereocenters. The van der Waals surface area contributed by atoms with Gasteiger partial charge in [-0.3, -0.25) is 4.79 Å². The van der Waals surface area contributed by atoms with Gasteiger partial charge in [-0.1, -0.05) is 11.6 Å². The second-order valence-electron chi connectivity index (χ2n) is 8.60. The summed E-state index contributed by atoms with van der Waals surface area (Å²) in [5.74, 6) is 1.02. The molecule has 34 heavy (non-hydrogen) atoms. The molecule has 6 rings (SSSR count). The molecule has 4 heterocycles. The summed E-state index contributed by atoms with van der Waals surface area (Å²) in [5.41, 5.74) is 1.98. The number of rotatable bonds is 2. The van der Waals surface area contributed by atoms with Crippen LogP contribution in [0.25, 0.3) is 0 Å². The van der Waals surface area contributed by atoms with Gasteiger partial charge in [-0.15, -0.1) is 0 Å². The molecule has 0 aromatic heterocycles. The number of urea groups is 1. The van der Waals surface area contributed by atoms with E-state index in [1.54, 1.807) is 17.9 Å². The quantitative estimate of drug-likeness (QED) is 0.501. The Balaban J connectivity index is 1.25. The number of benzene rings is 2. The van der Waals surface area contributed by atoms with Gasteiger partial charge >= 0.3 is 6.03 Å². The normalized spacial score (nSPS) is 24.0. The first-order valence-corrected chi connectivity index (χ1v) is 11.5. The molecule has 4 aliphatic heterocycles. The second-order valence-corrected chi connectivity index (χ2v) is 9.36. The molecule has 172 valence electrons. The highest BCUT2D eigenvalue weighted by molar-refractivity contribution is 7.80. The number of nitrogens with zero attached hydrogens (tertiary/aromatic N) is 4. The van der Waals surface area contributed by atoms with Crippen LogP contribution in [0, 0.1) is 18.3 Å². The largest absolute Gasteiger partial charge is 0.454 e. The number of hydrogen-bond donors (Lipinski definition) is 1. The Bertz CT molecular complexity index is 1330. The van der Waals surface area contributed by atoms with Crippen LogP contribution < -0.4 is 19.7 Å². The van der Waals surface area contributed by atoms with Gasteiger partial charge in [-0.25, -0.2) is 9.69 Å². The van der Waals surface area contributed by atoms with E-state index in [0.29, 0.717) is 46.4 Å². The summed E-state index contributed by atoms with van der Waals surface area (Å²) in [5, 5.41) is 13.2. The molecular formula is C23H18ClN5O4S. The van der Waals surface area contributed by atoms with E-state index in [1.807, 2.05) is 29.2 Å². The van der Waals surface area contributed by atoms with Crippen molar-refractivity contribution in [2.45, 2.75) is 31.5 Å². The molecule has 3 saturated heterocycles. The Kier molecular flexibility index (Phi) is 4.62. The number of nitriles is 1. The zero-order valence-electron chi connectivity index (χ0n) is 17.9. The van der Waals surface area contributed by atoms with Crippen LogP contribution >= 0.6 is 23.8 Å². The maximum Gasteiger partial charge on any atom is 0.332 e. The SMILES string of the molecule is Cc1c(N2C(=O)C3C4C[C@H](CN4C(=S)Nc4ccc5c(c4)OCO5)N3C2=O)ccc(C#N)c1Cl. The van der Waals surface area contributed by atoms with Crippen molar-refractivity contribution in [2.75, 3.05) is 23.6 Å². The fourth-order valence-electron chi connectivity index (χ4n) is 5.29. The first kappa shape index (κ1) is 21.0. The smallest absolute Gasteiger partial charge is 0.332 e. The van der Waals surface area contributed by atoms with E-state index in [4.69, 9.17) is 33.3 Å². The third-order valence-electron chi connectivity index (χ3n) is 6.87. The highest BCUT2D eigenvalue weighted by Gasteiger charge is 2.62. The topological polar surface area (TPSA) is 98.1 Å². The molecule has 3 amide bonds. The second kappa shape index (κ2) is 7.48. The average Bonchev–Trinajstić information content (AvgIpc) is 3.59. The summed E-state index contributed by atoms with van der Waals surface area (Å²) in [6.07, 6.45) is 0.673. The molecule has 4 aliphatic rings. The lowest BCUT2D eigenvalue weighted by atomic mass is 10.1. The maximum absolute atomic E-state index is 13.5. The number of nitrogens with one attached hydrogen (secondary N) is 1. The molecule has 2 aromatic rings. The summed E-state index contributed by atoms with van der Waals surface area (Å²) in [6, 6.07) is 9.29. The van der Waals surface area contributed by atoms with Crippen LogP contribution in [0.15, 0.2) is 30.3 Å². The number of amides is 3. The molecule has 2 bridgehead atoms. The number of thiocarbonyl (C=S) groups is 1. The number of anilines is 2. The molecule has 0 saturated carbocycles. The molecular weight excluding hydrogens is 478 g/mol. The number of piperazine rings is 1. The van der Waals surface area contributed by atoms with Crippen LogP contribution in [0.4, 0.5) is 16.2 Å². The van der Waals surface area contributed by atoms with Crippen LogP contribution in [0.2, 0.25) is 5.02 Å². The molecule has 1 N–H and O–H groups in total. The molecule has 3 fully saturated rings. The number of likely N-dealkylation sites (tertiary alicyclic amines) is 1. The Morgan fingerprint density at radius 1 is 1.24 bits per heavy atom. The molecule has 2 aromatic carbocycles. The Hall–Kier alpha value is -3.55. The molecule has 0 aliphatic carbocycles. The van der Waals surface area contributed by atoms with Gasteiger partial charge in [0.1, 0.15) is 12.1 Å². The van der Waals surface area contributed by atoms with Gasteiger partial charge in [0.15, 0.2) is 16.6 Å². The third kappa shape index (κ3) is 2.87. The van der Waals surface area contributed by atoms with Gasteiger partial charge in [0.25, 0.3) is 5.91 Å². The zero-order chi connectivity index (χ0) is 23.7. The highest BCUT2D eigenvalue weighted by atomic mass is 35.5. The number of hydrogen-bond acceptors (Lipinski definition) is 6. The van der Waals surface area contributed by atoms with Crippen molar-refractivity contribution in [3.05, 3.63) is 46.5 Å². The van der Waals surface area contributed by atoms with Gasteiger partial charge < -0.3 is 24.6 Å². The predicted molar refractivity (Wildman–Crippen MR) is 127 cm³/mol. The molecule has 11 heteroatoms. The summed E-state index contributed by atoms with van der Waals surface area (Å²) in [6.45, 7) is 2.43. The summed E-state index contributed by atoms with van der Waals surface area (Å²) in [4.78, 5) is 31.6. The molecule has 9 nitrogen and oxygen atoms in total. The van der Waals surface area contributed by atoms with Crippen molar-refractivity contribution in [1.82, 2.24) is 9.80 Å². The van der Waals surface area contributed by atoms with Crippen molar-refractivity contribution in [2.24, 2.45) is 0 Å². The Morgan fingerprint density at radius 2 is 2.03 bits per heavy atom. The van der Waals surface area contributed by atoms with Crippen molar-refractivity contribution < 1.29 is 19.1 Å². The molecule has 0 spiro atoms. The Labute approximate surface area is 205 Å². The minimum Gasteiger partial charge on any atom is -0.454 e. The number of fused-ring (bicyclic) bond motifs is 6. The van der Waals surface area contributed by atoms with Gasteiger partial charge in [-0.2, -0.15) is 5.26 Å². The number of carbonyl (C=O) groups excluding carboxylic acids is 2. The fourth-order valence-corrected chi connectivity index (χ4v) is 5.82. The summed E-state index contributed by atoms with van der Waals surface area (Å²) < 4.78 is 10.8. The first-order chi connectivity index (χ1) is 16.4. The van der Waals surface area contributed by atoms with Crippen molar-refractivity contribution in [3.63, 3.8) is 0 Å². The molecule has 3 atom stereocenters. The van der Waals surface area contributed by atoms with E-state index >= 15 is 0 Å². The predicted octanol–water partition coefficient (Wildman–Crippen LogP) is 3.24. The van der Waals surface area contributed by atoms with Crippen LogP contribution in [-0.4, -0.2) is 58.3 Å². The standard InChI is InChI=1S/C23H18ClN5O4S/c1-11-15(4-2-12(8-25)19(11)24)29-21(30)20-16-7-14(28(20)23(29)31)9-27(16)22(34)26-13-3-5-17-18(6-13)33-10-32-17/h2-6,14,16,20H,7,9-10H2,1H3,(H,26,34)/t14-,16?,20?/m1/s1. The lowest BCUT2D eigenvalue weighted by Gasteiger charge is -2.36. The van der Waals surface area contributed by atoms with Crippen LogP contribution in [-0.2, 0) is 4.79 Å². The molecule has 0 radical (unpaired) electrons. The van der Waals surface area contributed by atoms with E-state index in [-0.39, 0.29) is 35.8 Å². The van der Waals surface area contributed by atoms with Crippen molar-refractivity contribution in [1.29, 1.82) is 5.26 Å². The lowest BCUT2D eigenvalue weighted by Crippen LogP contribution is -2.55. The van der Waals surface area contributed by atoms with Crippen LogP contribution in [0.1, 0.15) is 17.5 Å². The third-order valence-corrected chi connectivity index (χ3v) is 7.69. The Morgan fingerprint density at radius 3 is 2.82 bits per heavy atom. The minimum atomic E-state index is -0.628. The van der Waals surface area contributed by atoms with Crippen LogP contribution in [0.3, 0.4) is 0 Å². The first-order valence-electron chi connectivity index (χ1n) is 10.7. The lowest BCUT2D eigenvalue weighted by molar-refractivity contribution is -0.120. The van der Waals surface area contributed by atoms with Gasteiger partial charge in [-0.05, 0) is 55.4 Å². The van der Waals surface area contributed by atoms with Crippen LogP contribution in [0.5, 0.6) is 11.5 Å². The fraction of sp³-hybridized carbons (Fsp3) is 0.304. The highest BCUT2D eigenvalue weighted by Crippen LogP contribution is 2.44. The summed E-state index contributed by atoms with van der Waals surface area (Å²) in [7, 11) is 0. The number of imide groups is 1. The van der Waals surface area contributed by atoms with Gasteiger partial charge in [0.2, 0.25) is 6.79 Å². The van der Waals surface area contributed by atoms with E-state index in [0.717, 1.165) is 5.69 Å². The maximum atomic E-state index is 13.5. The minimum absolute atomic E-state index is 0.123. The monoisotopic (exact) mass is 495 g/mol. The average molecular weight is 496 g/mol. The summed E-state index contributed by atoms with van der Waals surface area (Å²) >= 11 is 12.0. The van der Waals surface area contributed by atoms with Crippen molar-refractivity contribution in [3.8, 4) is 17.6 Å². The van der Waals surface area contributed by atoms with Gasteiger partial charge in [0, 0.05) is 18.3 Å².